The normalized spacial score (nSPS) is 22.7. The van der Waals surface area contributed by atoms with Crippen LogP contribution in [0.15, 0.2) is 17.3 Å². The molecule has 0 radical (unpaired) electrons. The number of thioether (sulfide) groups is 1. The molecule has 118 valence electrons. The van der Waals surface area contributed by atoms with Crippen molar-refractivity contribution in [2.24, 2.45) is 11.8 Å². The van der Waals surface area contributed by atoms with E-state index >= 15 is 0 Å². The van der Waals surface area contributed by atoms with E-state index in [4.69, 9.17) is 4.98 Å². The summed E-state index contributed by atoms with van der Waals surface area (Å²) in [6.45, 7) is 11.1. The minimum atomic E-state index is 0.696. The van der Waals surface area contributed by atoms with Crippen molar-refractivity contribution in [3.63, 3.8) is 0 Å². The van der Waals surface area contributed by atoms with Gasteiger partial charge in [0.2, 0.25) is 0 Å². The third-order valence-corrected chi connectivity index (χ3v) is 5.55. The second-order valence-electron chi connectivity index (χ2n) is 7.00. The van der Waals surface area contributed by atoms with Gasteiger partial charge in [0.15, 0.2) is 0 Å². The summed E-state index contributed by atoms with van der Waals surface area (Å²) < 4.78 is 0. The summed E-state index contributed by atoms with van der Waals surface area (Å²) in [5, 5.41) is 5.49. The molecule has 1 aromatic rings. The van der Waals surface area contributed by atoms with Gasteiger partial charge in [-0.3, -0.25) is 0 Å². The Hall–Kier alpha value is -0.540. The van der Waals surface area contributed by atoms with Gasteiger partial charge < -0.3 is 5.32 Å². The van der Waals surface area contributed by atoms with Gasteiger partial charge in [-0.25, -0.2) is 4.98 Å². The van der Waals surface area contributed by atoms with Crippen LogP contribution in [0, 0.1) is 18.8 Å². The third-order valence-electron chi connectivity index (χ3n) is 4.14. The molecule has 0 aliphatic heterocycles. The van der Waals surface area contributed by atoms with E-state index < -0.39 is 0 Å². The molecule has 1 aromatic heterocycles. The second-order valence-corrected chi connectivity index (χ2v) is 8.29. The lowest BCUT2D eigenvalue weighted by molar-refractivity contribution is 0.394. The molecule has 0 bridgehead atoms. The Morgan fingerprint density at radius 2 is 2.19 bits per heavy atom. The van der Waals surface area contributed by atoms with Crippen molar-refractivity contribution in [3.05, 3.63) is 23.4 Å². The summed E-state index contributed by atoms with van der Waals surface area (Å²) in [5.41, 5.74) is 2.64. The number of nitrogens with one attached hydrogen (secondary N) is 1. The first-order valence-corrected chi connectivity index (χ1v) is 9.25. The number of rotatable bonds is 6. The van der Waals surface area contributed by atoms with Crippen LogP contribution in [-0.2, 0) is 6.54 Å². The predicted octanol–water partition coefficient (Wildman–Crippen LogP) is 4.81. The van der Waals surface area contributed by atoms with Crippen molar-refractivity contribution in [1.82, 2.24) is 10.3 Å². The van der Waals surface area contributed by atoms with Gasteiger partial charge in [-0.15, -0.1) is 11.8 Å². The fourth-order valence-corrected chi connectivity index (χ4v) is 4.37. The number of hydrogen-bond acceptors (Lipinski definition) is 3. The summed E-state index contributed by atoms with van der Waals surface area (Å²) in [6, 6.07) is 2.30. The number of aryl methyl sites for hydroxylation is 1. The van der Waals surface area contributed by atoms with E-state index in [1.165, 1.54) is 41.8 Å². The van der Waals surface area contributed by atoms with Gasteiger partial charge in [0.1, 0.15) is 0 Å². The maximum absolute atomic E-state index is 4.72. The van der Waals surface area contributed by atoms with Crippen LogP contribution in [0.2, 0.25) is 0 Å². The van der Waals surface area contributed by atoms with Crippen LogP contribution >= 0.6 is 11.8 Å². The molecular formula is C18H30N2S. The van der Waals surface area contributed by atoms with E-state index in [9.17, 15) is 0 Å². The van der Waals surface area contributed by atoms with Gasteiger partial charge in [0.25, 0.3) is 0 Å². The number of hydrogen-bond donors (Lipinski definition) is 1. The number of pyridine rings is 1. The molecule has 0 amide bonds. The smallest absolute Gasteiger partial charge is 0.0991 e. The van der Waals surface area contributed by atoms with Crippen LogP contribution in [-0.4, -0.2) is 16.8 Å². The highest BCUT2D eigenvalue weighted by atomic mass is 32.2. The lowest BCUT2D eigenvalue weighted by Gasteiger charge is -2.26. The van der Waals surface area contributed by atoms with Gasteiger partial charge in [0, 0.05) is 18.0 Å². The first-order chi connectivity index (χ1) is 10.0. The van der Waals surface area contributed by atoms with Crippen LogP contribution in [0.25, 0.3) is 0 Å². The maximum atomic E-state index is 4.72. The third kappa shape index (κ3) is 5.63. The Morgan fingerprint density at radius 3 is 2.86 bits per heavy atom. The van der Waals surface area contributed by atoms with Crippen LogP contribution in [0.4, 0.5) is 0 Å². The quantitative estimate of drug-likeness (QED) is 0.816. The summed E-state index contributed by atoms with van der Waals surface area (Å²) in [7, 11) is 0. The van der Waals surface area contributed by atoms with E-state index in [1.54, 1.807) is 0 Å². The summed E-state index contributed by atoms with van der Waals surface area (Å²) in [4.78, 5) is 4.72. The molecule has 1 aliphatic carbocycles. The molecule has 0 spiro atoms. The van der Waals surface area contributed by atoms with Crippen molar-refractivity contribution in [2.45, 2.75) is 70.2 Å². The summed E-state index contributed by atoms with van der Waals surface area (Å²) in [5.74, 6) is 1.58. The average Bonchev–Trinajstić information content (AvgIpc) is 2.41. The van der Waals surface area contributed by atoms with Gasteiger partial charge in [-0.1, -0.05) is 39.7 Å². The topological polar surface area (TPSA) is 24.9 Å². The molecule has 2 unspecified atom stereocenters. The molecule has 2 atom stereocenters. The fraction of sp³-hybridized carbons (Fsp3) is 0.722. The zero-order chi connectivity index (χ0) is 15.2. The summed E-state index contributed by atoms with van der Waals surface area (Å²) >= 11 is 2.00. The van der Waals surface area contributed by atoms with Crippen LogP contribution in [0.1, 0.15) is 57.6 Å². The van der Waals surface area contributed by atoms with E-state index in [0.717, 1.165) is 24.3 Å². The maximum Gasteiger partial charge on any atom is 0.0991 e. The molecule has 2 rings (SSSR count). The molecule has 1 heterocycles. The molecule has 21 heavy (non-hydrogen) atoms. The zero-order valence-electron chi connectivity index (χ0n) is 14.0. The van der Waals surface area contributed by atoms with Crippen LogP contribution in [0.5, 0.6) is 0 Å². The van der Waals surface area contributed by atoms with Crippen molar-refractivity contribution in [2.75, 3.05) is 6.54 Å². The molecule has 1 aliphatic rings. The van der Waals surface area contributed by atoms with Gasteiger partial charge in [-0.2, -0.15) is 0 Å². The molecule has 0 saturated heterocycles. The van der Waals surface area contributed by atoms with Crippen LogP contribution < -0.4 is 5.32 Å². The Morgan fingerprint density at radius 1 is 1.38 bits per heavy atom. The van der Waals surface area contributed by atoms with Crippen molar-refractivity contribution in [3.8, 4) is 0 Å². The first-order valence-electron chi connectivity index (χ1n) is 8.37. The highest BCUT2D eigenvalue weighted by Crippen LogP contribution is 2.36. The molecule has 1 saturated carbocycles. The zero-order valence-corrected chi connectivity index (χ0v) is 14.8. The van der Waals surface area contributed by atoms with Gasteiger partial charge in [-0.05, 0) is 49.3 Å². The Bertz CT molecular complexity index is 445. The van der Waals surface area contributed by atoms with Crippen molar-refractivity contribution in [1.29, 1.82) is 0 Å². The monoisotopic (exact) mass is 306 g/mol. The molecule has 1 N–H and O–H groups in total. The van der Waals surface area contributed by atoms with Crippen molar-refractivity contribution >= 4 is 11.8 Å². The van der Waals surface area contributed by atoms with Gasteiger partial charge in [0.05, 0.1) is 5.03 Å². The average molecular weight is 307 g/mol. The Labute approximate surface area is 134 Å². The molecule has 0 aromatic carbocycles. The number of nitrogens with zero attached hydrogens (tertiary/aromatic N) is 1. The second kappa shape index (κ2) is 8.19. The largest absolute Gasteiger partial charge is 0.312 e. The van der Waals surface area contributed by atoms with E-state index in [1.807, 2.05) is 11.8 Å². The molecular weight excluding hydrogens is 276 g/mol. The van der Waals surface area contributed by atoms with Crippen LogP contribution in [0.3, 0.4) is 0 Å². The predicted molar refractivity (Wildman–Crippen MR) is 92.8 cm³/mol. The van der Waals surface area contributed by atoms with Crippen molar-refractivity contribution < 1.29 is 0 Å². The molecule has 3 heteroatoms. The van der Waals surface area contributed by atoms with E-state index in [0.29, 0.717) is 5.92 Å². The SMILES string of the molecule is Cc1cc(CNCC(C)C)cnc1SC1CCCC(C)C1. The number of aromatic nitrogens is 1. The summed E-state index contributed by atoms with van der Waals surface area (Å²) in [6.07, 6.45) is 7.55. The minimum absolute atomic E-state index is 0.696. The Kier molecular flexibility index (Phi) is 6.56. The van der Waals surface area contributed by atoms with E-state index in [-0.39, 0.29) is 0 Å². The highest BCUT2D eigenvalue weighted by molar-refractivity contribution is 7.99. The molecule has 1 fully saturated rings. The minimum Gasteiger partial charge on any atom is -0.312 e. The lowest BCUT2D eigenvalue weighted by atomic mass is 9.91. The highest BCUT2D eigenvalue weighted by Gasteiger charge is 2.20. The first kappa shape index (κ1) is 16.8. The van der Waals surface area contributed by atoms with Gasteiger partial charge >= 0.3 is 0 Å². The fourth-order valence-electron chi connectivity index (χ4n) is 2.99. The lowest BCUT2D eigenvalue weighted by Crippen LogP contribution is -2.19. The standard InChI is InChI=1S/C18H30N2S/c1-13(2)10-19-11-16-9-15(4)18(20-12-16)21-17-7-5-6-14(3)8-17/h9,12-14,17,19H,5-8,10-11H2,1-4H3. The Balaban J connectivity index is 1.89. The van der Waals surface area contributed by atoms with E-state index in [2.05, 4.69) is 45.3 Å². The molecule has 2 nitrogen and oxygen atoms in total.